The lowest BCUT2D eigenvalue weighted by atomic mass is 10.1. The first-order valence-corrected chi connectivity index (χ1v) is 15.8. The van der Waals surface area contributed by atoms with Crippen molar-refractivity contribution >= 4 is 28.4 Å². The average molecular weight is 657 g/mol. The second kappa shape index (κ2) is 19.3. The Labute approximate surface area is 273 Å². The second-order valence-electron chi connectivity index (χ2n) is 11.5. The number of benzene rings is 3. The zero-order valence-corrected chi connectivity index (χ0v) is 26.4. The number of nitro groups is 2. The number of hydrogen-bond donors (Lipinski definition) is 5. The van der Waals surface area contributed by atoms with Gasteiger partial charge in [-0.1, -0.05) is 0 Å². The van der Waals surface area contributed by atoms with E-state index in [1.165, 1.54) is 17.8 Å². The Bertz CT molecular complexity index is 1340. The van der Waals surface area contributed by atoms with Gasteiger partial charge in [-0.25, -0.2) is 4.39 Å². The van der Waals surface area contributed by atoms with Crippen LogP contribution in [0.2, 0.25) is 0 Å². The van der Waals surface area contributed by atoms with Crippen molar-refractivity contribution in [1.82, 2.24) is 5.32 Å². The number of nitro benzene ring substituents is 2. The van der Waals surface area contributed by atoms with Gasteiger partial charge >= 0.3 is 0 Å². The largest absolute Gasteiger partial charge is 0.399 e. The molecule has 13 nitrogen and oxygen atoms in total. The molecule has 256 valence electrons. The highest BCUT2D eigenvalue weighted by Gasteiger charge is 2.18. The van der Waals surface area contributed by atoms with Gasteiger partial charge in [0.1, 0.15) is 5.82 Å². The van der Waals surface area contributed by atoms with E-state index in [0.717, 1.165) is 113 Å². The molecule has 6 rings (SSSR count). The van der Waals surface area contributed by atoms with Crippen molar-refractivity contribution in [3.63, 3.8) is 0 Å². The molecule has 14 heteroatoms. The molecule has 3 saturated heterocycles. The lowest BCUT2D eigenvalue weighted by molar-refractivity contribution is -0.385. The van der Waals surface area contributed by atoms with Crippen molar-refractivity contribution in [2.45, 2.75) is 56.8 Å². The van der Waals surface area contributed by atoms with Gasteiger partial charge in [0.25, 0.3) is 11.4 Å². The molecule has 0 spiro atoms. The number of halogens is 1. The highest BCUT2D eigenvalue weighted by Crippen LogP contribution is 2.23. The zero-order chi connectivity index (χ0) is 34.2. The highest BCUT2D eigenvalue weighted by atomic mass is 19.1. The van der Waals surface area contributed by atoms with Crippen LogP contribution in [0.4, 0.5) is 32.8 Å². The first-order chi connectivity index (χ1) is 22.5. The molecule has 3 aliphatic rings. The summed E-state index contributed by atoms with van der Waals surface area (Å²) in [6.45, 7) is 5.45. The van der Waals surface area contributed by atoms with Crippen LogP contribution in [-0.4, -0.2) is 82.7 Å². The van der Waals surface area contributed by atoms with Gasteiger partial charge in [-0.15, -0.1) is 0 Å². The molecule has 3 fully saturated rings. The van der Waals surface area contributed by atoms with Crippen molar-refractivity contribution in [3.8, 4) is 0 Å². The van der Waals surface area contributed by atoms with Crippen LogP contribution in [0.15, 0.2) is 72.8 Å². The normalized spacial score (nSPS) is 17.2. The Kier molecular flexibility index (Phi) is 15.3. The molecule has 3 aromatic rings. The number of rotatable bonds is 4. The summed E-state index contributed by atoms with van der Waals surface area (Å²) in [4.78, 5) is 23.9. The van der Waals surface area contributed by atoms with Gasteiger partial charge in [0.05, 0.1) is 28.2 Å². The SMILES string of the molecule is Nc1ccc(N2CCC(O)CC2)cc1.O=[N+]([O-])c1ccc(F)cc1.O=[N+]([O-])c1ccc(N2CCC(O)CC2)cc1.OC1CCNCC1. The van der Waals surface area contributed by atoms with Crippen LogP contribution in [0, 0.1) is 26.0 Å². The summed E-state index contributed by atoms with van der Waals surface area (Å²) < 4.78 is 12.1. The molecular formula is C33H45FN6O7. The quantitative estimate of drug-likeness (QED) is 0.153. The summed E-state index contributed by atoms with van der Waals surface area (Å²) in [5, 5.41) is 51.3. The number of nitrogen functional groups attached to an aromatic ring is 1. The molecule has 0 saturated carbocycles. The van der Waals surface area contributed by atoms with Crippen LogP contribution in [-0.2, 0) is 0 Å². The van der Waals surface area contributed by atoms with Crippen LogP contribution in [0.1, 0.15) is 38.5 Å². The summed E-state index contributed by atoms with van der Waals surface area (Å²) in [5.74, 6) is -0.467. The summed E-state index contributed by atoms with van der Waals surface area (Å²) >= 11 is 0. The van der Waals surface area contributed by atoms with E-state index >= 15 is 0 Å². The molecule has 6 N–H and O–H groups in total. The summed E-state index contributed by atoms with van der Waals surface area (Å²) in [6.07, 6.45) is 4.78. The average Bonchev–Trinajstić information content (AvgIpc) is 3.07. The molecule has 0 aromatic heterocycles. The zero-order valence-electron chi connectivity index (χ0n) is 26.4. The van der Waals surface area contributed by atoms with Crippen molar-refractivity contribution in [2.24, 2.45) is 0 Å². The van der Waals surface area contributed by atoms with Crippen molar-refractivity contribution in [1.29, 1.82) is 0 Å². The number of non-ortho nitro benzene ring substituents is 2. The fourth-order valence-corrected chi connectivity index (χ4v) is 5.09. The van der Waals surface area contributed by atoms with Gasteiger partial charge in [0.15, 0.2) is 0 Å². The molecule has 0 radical (unpaired) electrons. The van der Waals surface area contributed by atoms with Crippen LogP contribution < -0.4 is 20.9 Å². The van der Waals surface area contributed by atoms with Gasteiger partial charge in [0.2, 0.25) is 0 Å². The molecule has 0 aliphatic carbocycles. The molecule has 0 amide bonds. The second-order valence-corrected chi connectivity index (χ2v) is 11.5. The van der Waals surface area contributed by atoms with E-state index in [1.54, 1.807) is 12.1 Å². The number of nitrogens with two attached hydrogens (primary N) is 1. The summed E-state index contributed by atoms with van der Waals surface area (Å²) in [5.41, 5.74) is 8.62. The first-order valence-electron chi connectivity index (χ1n) is 15.8. The lowest BCUT2D eigenvalue weighted by Gasteiger charge is -2.31. The predicted molar refractivity (Wildman–Crippen MR) is 180 cm³/mol. The number of anilines is 3. The number of nitrogens with one attached hydrogen (secondary N) is 1. The number of hydrogen-bond acceptors (Lipinski definition) is 11. The van der Waals surface area contributed by atoms with E-state index in [0.29, 0.717) is 0 Å². The third-order valence-corrected chi connectivity index (χ3v) is 7.96. The minimum absolute atomic E-state index is 0.0266. The van der Waals surface area contributed by atoms with Crippen LogP contribution in [0.5, 0.6) is 0 Å². The van der Waals surface area contributed by atoms with Crippen LogP contribution in [0.3, 0.4) is 0 Å². The molecule has 0 unspecified atom stereocenters. The van der Waals surface area contributed by atoms with E-state index < -0.39 is 15.7 Å². The first kappa shape index (κ1) is 37.1. The molecule has 3 aromatic carbocycles. The van der Waals surface area contributed by atoms with Gasteiger partial charge in [-0.2, -0.15) is 0 Å². The monoisotopic (exact) mass is 656 g/mol. The van der Waals surface area contributed by atoms with E-state index in [9.17, 15) is 34.8 Å². The smallest absolute Gasteiger partial charge is 0.269 e. The van der Waals surface area contributed by atoms with Gasteiger partial charge in [-0.3, -0.25) is 20.2 Å². The van der Waals surface area contributed by atoms with Gasteiger partial charge in [0, 0.05) is 67.5 Å². The summed E-state index contributed by atoms with van der Waals surface area (Å²) in [6, 6.07) is 18.8. The van der Waals surface area contributed by atoms with Crippen LogP contribution in [0.25, 0.3) is 0 Å². The van der Waals surface area contributed by atoms with Gasteiger partial charge < -0.3 is 36.2 Å². The van der Waals surface area contributed by atoms with E-state index in [2.05, 4.69) is 15.1 Å². The Balaban J connectivity index is 0.000000177. The fourth-order valence-electron chi connectivity index (χ4n) is 5.09. The van der Waals surface area contributed by atoms with E-state index in [-0.39, 0.29) is 29.7 Å². The Morgan fingerprint density at radius 2 is 0.957 bits per heavy atom. The summed E-state index contributed by atoms with van der Waals surface area (Å²) in [7, 11) is 0. The molecule has 0 atom stereocenters. The topological polar surface area (TPSA) is 192 Å². The van der Waals surface area contributed by atoms with Gasteiger partial charge in [-0.05, 0) is 100 Å². The molecular weight excluding hydrogens is 611 g/mol. The molecule has 47 heavy (non-hydrogen) atoms. The Morgan fingerprint density at radius 3 is 1.30 bits per heavy atom. The minimum atomic E-state index is -0.570. The molecule has 3 heterocycles. The number of piperidine rings is 3. The fraction of sp³-hybridized carbons (Fsp3) is 0.455. The van der Waals surface area contributed by atoms with E-state index in [1.807, 2.05) is 24.3 Å². The maximum absolute atomic E-state index is 12.1. The van der Waals surface area contributed by atoms with E-state index in [4.69, 9.17) is 10.8 Å². The maximum Gasteiger partial charge on any atom is 0.269 e. The van der Waals surface area contributed by atoms with Crippen molar-refractivity contribution < 1.29 is 29.6 Å². The number of aliphatic hydroxyl groups excluding tert-OH is 3. The minimum Gasteiger partial charge on any atom is -0.399 e. The third kappa shape index (κ3) is 13.5. The number of nitrogens with zero attached hydrogens (tertiary/aromatic N) is 4. The van der Waals surface area contributed by atoms with Crippen molar-refractivity contribution in [2.75, 3.05) is 54.8 Å². The molecule has 0 bridgehead atoms. The molecule has 3 aliphatic heterocycles. The lowest BCUT2D eigenvalue weighted by Crippen LogP contribution is -2.35. The number of aliphatic hydroxyl groups is 3. The van der Waals surface area contributed by atoms with Crippen LogP contribution >= 0.6 is 0 Å². The maximum atomic E-state index is 12.1. The standard InChI is InChI=1S/C11H14N2O3.C11H16N2O.C6H4FNO2.C5H11NO/c14-11-5-7-12(8-6-11)9-1-3-10(4-2-9)13(15)16;12-9-1-3-10(4-2-9)13-7-5-11(14)6-8-13;7-5-1-3-6(4-2-5)8(9)10;7-5-1-3-6-4-2-5/h1-4,11,14H,5-8H2;1-4,11,14H,5-8,12H2;1-4H;5-7H,1-4H2. The Hall–Kier alpha value is -4.37. The predicted octanol–water partition coefficient (Wildman–Crippen LogP) is 4.25. The highest BCUT2D eigenvalue weighted by molar-refractivity contribution is 5.53. The third-order valence-electron chi connectivity index (χ3n) is 7.96. The van der Waals surface area contributed by atoms with Crippen molar-refractivity contribution in [3.05, 3.63) is 98.8 Å². The Morgan fingerprint density at radius 1 is 0.617 bits per heavy atom.